The number of nitrogens with one attached hydrogen (secondary N) is 1. The van der Waals surface area contributed by atoms with Crippen LogP contribution in [0.1, 0.15) is 44.4 Å². The Morgan fingerprint density at radius 1 is 1.03 bits per heavy atom. The number of aryl methyl sites for hydroxylation is 1. The fourth-order valence-corrected chi connectivity index (χ4v) is 3.55. The Morgan fingerprint density at radius 2 is 1.81 bits per heavy atom. The molecule has 2 heterocycles. The highest BCUT2D eigenvalue weighted by atomic mass is 15.5. The predicted octanol–water partition coefficient (Wildman–Crippen LogP) is 4.33. The molecule has 0 unspecified atom stereocenters. The van der Waals surface area contributed by atoms with Gasteiger partial charge >= 0.3 is 0 Å². The van der Waals surface area contributed by atoms with Crippen LogP contribution in [0.25, 0.3) is 22.5 Å². The average molecular weight is 426 g/mol. The van der Waals surface area contributed by atoms with E-state index in [2.05, 4.69) is 76.6 Å². The highest BCUT2D eigenvalue weighted by Crippen LogP contribution is 2.29. The second kappa shape index (κ2) is 10.0. The molecule has 32 heavy (non-hydrogen) atoms. The molecule has 4 aromatic rings. The van der Waals surface area contributed by atoms with Gasteiger partial charge in [-0.25, -0.2) is 14.8 Å². The summed E-state index contributed by atoms with van der Waals surface area (Å²) in [5, 5.41) is 19.1. The van der Waals surface area contributed by atoms with Crippen molar-refractivity contribution in [2.75, 3.05) is 0 Å². The van der Waals surface area contributed by atoms with Gasteiger partial charge in [-0.2, -0.15) is 5.10 Å². The second-order valence-electron chi connectivity index (χ2n) is 8.13. The van der Waals surface area contributed by atoms with Crippen molar-refractivity contribution in [3.63, 3.8) is 0 Å². The Hall–Kier alpha value is -3.79. The number of benzene rings is 2. The van der Waals surface area contributed by atoms with Crippen LogP contribution in [0.15, 0.2) is 48.5 Å². The van der Waals surface area contributed by atoms with Crippen LogP contribution >= 0.6 is 0 Å². The van der Waals surface area contributed by atoms with Gasteiger partial charge in [-0.1, -0.05) is 68.3 Å². The van der Waals surface area contributed by atoms with Crippen LogP contribution in [0.4, 0.5) is 0 Å². The van der Waals surface area contributed by atoms with E-state index in [1.165, 1.54) is 5.56 Å². The highest BCUT2D eigenvalue weighted by molar-refractivity contribution is 5.80. The quantitative estimate of drug-likeness (QED) is 0.425. The van der Waals surface area contributed by atoms with Crippen LogP contribution in [0.5, 0.6) is 0 Å². The fraction of sp³-hybridized carbons (Fsp3) is 0.320. The third-order valence-corrected chi connectivity index (χ3v) is 5.29. The molecule has 7 nitrogen and oxygen atoms in total. The van der Waals surface area contributed by atoms with Crippen molar-refractivity contribution in [2.24, 2.45) is 5.92 Å². The topological polar surface area (TPSA) is 85.2 Å². The van der Waals surface area contributed by atoms with Crippen LogP contribution in [0, 0.1) is 17.8 Å². The average Bonchev–Trinajstić information content (AvgIpc) is 3.47. The van der Waals surface area contributed by atoms with Crippen LogP contribution in [0.3, 0.4) is 0 Å². The number of tetrazole rings is 1. The molecule has 0 fully saturated rings. The normalized spacial score (nSPS) is 10.9. The molecular formula is C25H27N7. The molecule has 0 aliphatic rings. The van der Waals surface area contributed by atoms with E-state index in [9.17, 15) is 0 Å². The van der Waals surface area contributed by atoms with Crippen molar-refractivity contribution in [3.8, 4) is 34.4 Å². The molecule has 0 atom stereocenters. The van der Waals surface area contributed by atoms with Gasteiger partial charge in [0.05, 0.1) is 13.0 Å². The van der Waals surface area contributed by atoms with Crippen LogP contribution in [-0.2, 0) is 19.4 Å². The third kappa shape index (κ3) is 5.09. The maximum atomic E-state index is 4.77. The van der Waals surface area contributed by atoms with Gasteiger partial charge in [-0.05, 0) is 46.4 Å². The molecule has 0 spiro atoms. The first-order valence-corrected chi connectivity index (χ1v) is 10.9. The molecule has 0 saturated carbocycles. The lowest BCUT2D eigenvalue weighted by atomic mass is 9.98. The van der Waals surface area contributed by atoms with Gasteiger partial charge < -0.3 is 0 Å². The van der Waals surface area contributed by atoms with Crippen molar-refractivity contribution in [3.05, 3.63) is 65.7 Å². The summed E-state index contributed by atoms with van der Waals surface area (Å²) in [5.74, 6) is 9.19. The molecule has 7 heteroatoms. The van der Waals surface area contributed by atoms with Gasteiger partial charge in [-0.15, -0.1) is 11.0 Å². The molecule has 1 N–H and O–H groups in total. The van der Waals surface area contributed by atoms with Gasteiger partial charge in [0.15, 0.2) is 11.6 Å². The van der Waals surface area contributed by atoms with E-state index in [0.717, 1.165) is 41.2 Å². The van der Waals surface area contributed by atoms with E-state index < -0.39 is 0 Å². The first-order valence-electron chi connectivity index (χ1n) is 10.9. The van der Waals surface area contributed by atoms with Gasteiger partial charge in [0.25, 0.3) is 0 Å². The van der Waals surface area contributed by atoms with Crippen LogP contribution in [-0.4, -0.2) is 35.4 Å². The summed E-state index contributed by atoms with van der Waals surface area (Å²) in [6.07, 6.45) is 2.59. The van der Waals surface area contributed by atoms with Crippen molar-refractivity contribution in [1.29, 1.82) is 0 Å². The number of aromatic nitrogens is 7. The minimum absolute atomic E-state index is 0.613. The molecule has 0 aliphatic carbocycles. The molecule has 0 aliphatic heterocycles. The lowest BCUT2D eigenvalue weighted by Crippen LogP contribution is -2.07. The Bertz CT molecular complexity index is 1210. The van der Waals surface area contributed by atoms with E-state index in [1.807, 2.05) is 29.8 Å². The van der Waals surface area contributed by atoms with Gasteiger partial charge in [0.2, 0.25) is 0 Å². The second-order valence-corrected chi connectivity index (χ2v) is 8.13. The molecular weight excluding hydrogens is 398 g/mol. The van der Waals surface area contributed by atoms with Crippen LogP contribution < -0.4 is 0 Å². The first kappa shape index (κ1) is 21.4. The minimum atomic E-state index is 0.613. The summed E-state index contributed by atoms with van der Waals surface area (Å²) in [6.45, 7) is 6.97. The molecule has 0 amide bonds. The largest absolute Gasteiger partial charge is 0.244 e. The maximum Gasteiger partial charge on any atom is 0.180 e. The number of nitrogens with zero attached hydrogens (tertiary/aromatic N) is 6. The lowest BCUT2D eigenvalue weighted by molar-refractivity contribution is 0.568. The molecule has 0 bridgehead atoms. The number of aromatic amines is 1. The smallest absolute Gasteiger partial charge is 0.180 e. The van der Waals surface area contributed by atoms with E-state index >= 15 is 0 Å². The predicted molar refractivity (Wildman–Crippen MR) is 124 cm³/mol. The van der Waals surface area contributed by atoms with Crippen molar-refractivity contribution in [1.82, 2.24) is 35.4 Å². The maximum absolute atomic E-state index is 4.77. The van der Waals surface area contributed by atoms with Crippen molar-refractivity contribution in [2.45, 2.75) is 46.6 Å². The molecule has 2 aromatic carbocycles. The van der Waals surface area contributed by atoms with E-state index in [-0.39, 0.29) is 0 Å². The number of rotatable bonds is 8. The lowest BCUT2D eigenvalue weighted by Gasteiger charge is -2.09. The van der Waals surface area contributed by atoms with Gasteiger partial charge in [-0.3, -0.25) is 0 Å². The van der Waals surface area contributed by atoms with Gasteiger partial charge in [0, 0.05) is 12.0 Å². The van der Waals surface area contributed by atoms with Crippen molar-refractivity contribution < 1.29 is 0 Å². The Kier molecular flexibility index (Phi) is 6.71. The zero-order valence-electron chi connectivity index (χ0n) is 18.7. The SMILES string of the molecule is CC#CCc1nc(CCC(C)C)nn1Cc1ccc(-c2ccccc2-c2nnn[nH]2)cc1. The summed E-state index contributed by atoms with van der Waals surface area (Å²) in [5.41, 5.74) is 4.32. The summed E-state index contributed by atoms with van der Waals surface area (Å²) in [7, 11) is 0. The summed E-state index contributed by atoms with van der Waals surface area (Å²) >= 11 is 0. The summed E-state index contributed by atoms with van der Waals surface area (Å²) in [6, 6.07) is 16.6. The van der Waals surface area contributed by atoms with E-state index in [0.29, 0.717) is 24.7 Å². The van der Waals surface area contributed by atoms with Crippen molar-refractivity contribution >= 4 is 0 Å². The third-order valence-electron chi connectivity index (χ3n) is 5.29. The standard InChI is InChI=1S/C25H27N7/c1-4-5-10-24-26-23(16-11-18(2)3)29-32(24)17-19-12-14-20(15-13-19)21-8-6-7-9-22(21)25-27-30-31-28-25/h6-9,12-15,18H,10-11,16-17H2,1-3H3,(H,27,28,30,31). The Labute approximate surface area is 188 Å². The van der Waals surface area contributed by atoms with Gasteiger partial charge in [0.1, 0.15) is 5.82 Å². The summed E-state index contributed by atoms with van der Waals surface area (Å²) in [4.78, 5) is 4.75. The zero-order valence-corrected chi connectivity index (χ0v) is 18.7. The molecule has 4 rings (SSSR count). The number of H-pyrrole nitrogens is 1. The molecule has 0 radical (unpaired) electrons. The Balaban J connectivity index is 1.56. The number of hydrogen-bond donors (Lipinski definition) is 1. The first-order chi connectivity index (χ1) is 15.6. The van der Waals surface area contributed by atoms with E-state index in [1.54, 1.807) is 0 Å². The minimum Gasteiger partial charge on any atom is -0.244 e. The van der Waals surface area contributed by atoms with Crippen LogP contribution in [0.2, 0.25) is 0 Å². The zero-order chi connectivity index (χ0) is 22.3. The fourth-order valence-electron chi connectivity index (χ4n) is 3.55. The molecule has 162 valence electrons. The Morgan fingerprint density at radius 3 is 2.50 bits per heavy atom. The number of hydrogen-bond acceptors (Lipinski definition) is 5. The molecule has 0 saturated heterocycles. The van der Waals surface area contributed by atoms with E-state index in [4.69, 9.17) is 10.1 Å². The monoisotopic (exact) mass is 425 g/mol. The summed E-state index contributed by atoms with van der Waals surface area (Å²) < 4.78 is 1.99. The highest BCUT2D eigenvalue weighted by Gasteiger charge is 2.12. The molecule has 2 aromatic heterocycles.